The van der Waals surface area contributed by atoms with Gasteiger partial charge in [-0.15, -0.1) is 0 Å². The summed E-state index contributed by atoms with van der Waals surface area (Å²) in [7, 11) is 3.19. The first kappa shape index (κ1) is 19.9. The lowest BCUT2D eigenvalue weighted by atomic mass is 10.1. The number of aromatic nitrogens is 2. The zero-order valence-electron chi connectivity index (χ0n) is 17.6. The zero-order valence-corrected chi connectivity index (χ0v) is 17.6. The first-order valence-corrected chi connectivity index (χ1v) is 10.1. The number of methoxy groups -OCH3 is 2. The summed E-state index contributed by atoms with van der Waals surface area (Å²) in [5.41, 5.74) is 2.52. The van der Waals surface area contributed by atoms with Gasteiger partial charge in [0.15, 0.2) is 17.3 Å². The predicted molar refractivity (Wildman–Crippen MR) is 118 cm³/mol. The molecule has 8 nitrogen and oxygen atoms in total. The maximum absolute atomic E-state index is 13.2. The lowest BCUT2D eigenvalue weighted by molar-refractivity contribution is 0.0748. The molecule has 1 aliphatic rings. The molecule has 0 spiro atoms. The van der Waals surface area contributed by atoms with Crippen molar-refractivity contribution in [1.29, 1.82) is 0 Å². The summed E-state index contributed by atoms with van der Waals surface area (Å²) in [4.78, 5) is 25.1. The molecule has 0 radical (unpaired) electrons. The Morgan fingerprint density at radius 1 is 1.17 bits per heavy atom. The first-order valence-electron chi connectivity index (χ1n) is 10.1. The van der Waals surface area contributed by atoms with Crippen molar-refractivity contribution in [1.82, 2.24) is 14.9 Å². The van der Waals surface area contributed by atoms with E-state index in [1.54, 1.807) is 26.6 Å². The van der Waals surface area contributed by atoms with E-state index in [1.165, 1.54) is 0 Å². The average Bonchev–Trinajstić information content (AvgIpc) is 3.21. The summed E-state index contributed by atoms with van der Waals surface area (Å²) in [5, 5.41) is 4.19. The highest BCUT2D eigenvalue weighted by Gasteiger charge is 2.26. The third-order valence-corrected chi connectivity index (χ3v) is 5.44. The molecule has 1 amide bonds. The molecule has 1 aliphatic heterocycles. The Hall–Kier alpha value is -3.42. The second kappa shape index (κ2) is 8.52. The summed E-state index contributed by atoms with van der Waals surface area (Å²) in [6, 6.07) is 7.68. The van der Waals surface area contributed by atoms with Gasteiger partial charge in [-0.1, -0.05) is 0 Å². The standard InChI is InChI=1S/C22H27N5O3/c1-4-23-17-6-5-7-24-21(17)26-8-10-27(11-9-26)22(28)16-14-25-18-13-20(30-3)19(29-2)12-15(16)18/h5-7,12-14,23,25H,4,8-11H2,1-3H3. The van der Waals surface area contributed by atoms with Crippen molar-refractivity contribution in [2.24, 2.45) is 0 Å². The summed E-state index contributed by atoms with van der Waals surface area (Å²) in [5.74, 6) is 2.19. The molecule has 4 rings (SSSR count). The molecule has 0 bridgehead atoms. The number of rotatable bonds is 6. The summed E-state index contributed by atoms with van der Waals surface area (Å²) < 4.78 is 10.8. The number of aromatic amines is 1. The molecule has 1 fully saturated rings. The van der Waals surface area contributed by atoms with Crippen LogP contribution in [-0.2, 0) is 0 Å². The second-order valence-corrected chi connectivity index (χ2v) is 7.14. The molecule has 0 atom stereocenters. The number of hydrogen-bond donors (Lipinski definition) is 2. The molecule has 3 aromatic rings. The number of benzene rings is 1. The number of pyridine rings is 1. The van der Waals surface area contributed by atoms with Crippen LogP contribution >= 0.6 is 0 Å². The predicted octanol–water partition coefficient (Wildman–Crippen LogP) is 2.97. The van der Waals surface area contributed by atoms with Crippen molar-refractivity contribution in [3.05, 3.63) is 42.2 Å². The molecule has 158 valence electrons. The number of hydrogen-bond acceptors (Lipinski definition) is 6. The highest BCUT2D eigenvalue weighted by Crippen LogP contribution is 2.34. The molecular formula is C22H27N5O3. The third-order valence-electron chi connectivity index (χ3n) is 5.44. The average molecular weight is 409 g/mol. The number of nitrogens with one attached hydrogen (secondary N) is 2. The van der Waals surface area contributed by atoms with Crippen LogP contribution in [0, 0.1) is 0 Å². The van der Waals surface area contributed by atoms with Crippen LogP contribution in [-0.4, -0.2) is 67.7 Å². The van der Waals surface area contributed by atoms with Gasteiger partial charge in [0.25, 0.3) is 5.91 Å². The van der Waals surface area contributed by atoms with Crippen LogP contribution in [0.25, 0.3) is 10.9 Å². The maximum Gasteiger partial charge on any atom is 0.256 e. The van der Waals surface area contributed by atoms with Gasteiger partial charge >= 0.3 is 0 Å². The van der Waals surface area contributed by atoms with E-state index in [2.05, 4.69) is 27.1 Å². The number of carbonyl (C=O) groups excluding carboxylic acids is 1. The second-order valence-electron chi connectivity index (χ2n) is 7.14. The lowest BCUT2D eigenvalue weighted by Crippen LogP contribution is -2.49. The fraction of sp³-hybridized carbons (Fsp3) is 0.364. The van der Waals surface area contributed by atoms with E-state index in [-0.39, 0.29) is 5.91 Å². The molecule has 2 N–H and O–H groups in total. The van der Waals surface area contributed by atoms with Crippen LogP contribution in [0.4, 0.5) is 11.5 Å². The van der Waals surface area contributed by atoms with E-state index >= 15 is 0 Å². The Bertz CT molecular complexity index is 1040. The Kier molecular flexibility index (Phi) is 5.65. The van der Waals surface area contributed by atoms with Crippen LogP contribution in [0.15, 0.2) is 36.7 Å². The van der Waals surface area contributed by atoms with Gasteiger partial charge in [-0.05, 0) is 25.1 Å². The normalized spacial score (nSPS) is 14.1. The van der Waals surface area contributed by atoms with Gasteiger partial charge in [-0.2, -0.15) is 0 Å². The maximum atomic E-state index is 13.2. The monoisotopic (exact) mass is 409 g/mol. The van der Waals surface area contributed by atoms with Crippen molar-refractivity contribution < 1.29 is 14.3 Å². The molecule has 30 heavy (non-hydrogen) atoms. The van der Waals surface area contributed by atoms with Gasteiger partial charge in [0.2, 0.25) is 0 Å². The van der Waals surface area contributed by atoms with E-state index in [4.69, 9.17) is 9.47 Å². The topological polar surface area (TPSA) is 82.7 Å². The molecule has 0 aliphatic carbocycles. The van der Waals surface area contributed by atoms with Crippen LogP contribution in [0.5, 0.6) is 11.5 Å². The Labute approximate surface area is 175 Å². The summed E-state index contributed by atoms with van der Waals surface area (Å²) in [6.07, 6.45) is 3.57. The number of ether oxygens (including phenoxy) is 2. The van der Waals surface area contributed by atoms with Crippen molar-refractivity contribution >= 4 is 28.3 Å². The van der Waals surface area contributed by atoms with E-state index < -0.39 is 0 Å². The van der Waals surface area contributed by atoms with Gasteiger partial charge in [-0.25, -0.2) is 4.98 Å². The van der Waals surface area contributed by atoms with Crippen molar-refractivity contribution in [3.63, 3.8) is 0 Å². The Balaban J connectivity index is 1.51. The highest BCUT2D eigenvalue weighted by atomic mass is 16.5. The van der Waals surface area contributed by atoms with E-state index in [0.717, 1.165) is 42.0 Å². The van der Waals surface area contributed by atoms with Gasteiger partial charge in [0.05, 0.1) is 31.0 Å². The Morgan fingerprint density at radius 2 is 1.90 bits per heavy atom. The number of carbonyl (C=O) groups is 1. The van der Waals surface area contributed by atoms with Crippen molar-refractivity contribution in [2.45, 2.75) is 6.92 Å². The summed E-state index contributed by atoms with van der Waals surface area (Å²) >= 11 is 0. The quantitative estimate of drug-likeness (QED) is 0.651. The first-order chi connectivity index (χ1) is 14.7. The smallest absolute Gasteiger partial charge is 0.256 e. The van der Waals surface area contributed by atoms with E-state index in [9.17, 15) is 4.79 Å². The summed E-state index contributed by atoms with van der Waals surface area (Å²) in [6.45, 7) is 5.66. The van der Waals surface area contributed by atoms with Crippen molar-refractivity contribution in [2.75, 3.05) is 57.2 Å². The lowest BCUT2D eigenvalue weighted by Gasteiger charge is -2.36. The Morgan fingerprint density at radius 3 is 2.60 bits per heavy atom. The fourth-order valence-corrected chi connectivity index (χ4v) is 3.89. The van der Waals surface area contributed by atoms with Crippen LogP contribution < -0.4 is 19.7 Å². The van der Waals surface area contributed by atoms with Crippen LogP contribution in [0.1, 0.15) is 17.3 Å². The number of H-pyrrole nitrogens is 1. The molecule has 3 heterocycles. The van der Waals surface area contributed by atoms with Crippen LogP contribution in [0.2, 0.25) is 0 Å². The SMILES string of the molecule is CCNc1cccnc1N1CCN(C(=O)c2c[nH]c3cc(OC)c(OC)cc23)CC1. The fourth-order valence-electron chi connectivity index (χ4n) is 3.89. The van der Waals surface area contributed by atoms with E-state index in [1.807, 2.05) is 29.2 Å². The molecule has 0 saturated carbocycles. The number of nitrogens with zero attached hydrogens (tertiary/aromatic N) is 3. The van der Waals surface area contributed by atoms with E-state index in [0.29, 0.717) is 30.2 Å². The number of fused-ring (bicyclic) bond motifs is 1. The van der Waals surface area contributed by atoms with Gasteiger partial charge in [-0.3, -0.25) is 4.79 Å². The third kappa shape index (κ3) is 3.60. The minimum atomic E-state index is 0.0149. The van der Waals surface area contributed by atoms with Gasteiger partial charge in [0.1, 0.15) is 0 Å². The zero-order chi connectivity index (χ0) is 21.1. The largest absolute Gasteiger partial charge is 0.493 e. The number of amides is 1. The number of piperazine rings is 1. The highest BCUT2D eigenvalue weighted by molar-refractivity contribution is 6.07. The van der Waals surface area contributed by atoms with Crippen molar-refractivity contribution in [3.8, 4) is 11.5 Å². The molecule has 0 unspecified atom stereocenters. The van der Waals surface area contributed by atoms with Crippen LogP contribution in [0.3, 0.4) is 0 Å². The molecular weight excluding hydrogens is 382 g/mol. The molecule has 8 heteroatoms. The van der Waals surface area contributed by atoms with Gasteiger partial charge in [0, 0.05) is 56.6 Å². The molecule has 1 saturated heterocycles. The molecule has 1 aromatic carbocycles. The number of anilines is 2. The minimum absolute atomic E-state index is 0.0149. The molecule has 2 aromatic heterocycles. The van der Waals surface area contributed by atoms with Gasteiger partial charge < -0.3 is 29.6 Å². The minimum Gasteiger partial charge on any atom is -0.493 e.